The van der Waals surface area contributed by atoms with Crippen LogP contribution in [0.25, 0.3) is 0 Å². The Hall–Kier alpha value is -2.37. The lowest BCUT2D eigenvalue weighted by atomic mass is 10.1. The zero-order chi connectivity index (χ0) is 14.7. The SMILES string of the molecule is CCOC(=O)C(=O)N1c2ccccc2CC1C(=O)OC. The molecule has 106 valence electrons. The number of ether oxygens (including phenoxy) is 2. The number of carbonyl (C=O) groups excluding carboxylic acids is 3. The minimum Gasteiger partial charge on any atom is -0.467 e. The maximum Gasteiger partial charge on any atom is 0.397 e. The number of para-hydroxylation sites is 1. The Morgan fingerprint density at radius 2 is 2.00 bits per heavy atom. The Morgan fingerprint density at radius 1 is 1.30 bits per heavy atom. The lowest BCUT2D eigenvalue weighted by molar-refractivity contribution is -0.154. The van der Waals surface area contributed by atoms with Crippen molar-refractivity contribution in [3.05, 3.63) is 29.8 Å². The van der Waals surface area contributed by atoms with Gasteiger partial charge in [0.05, 0.1) is 13.7 Å². The van der Waals surface area contributed by atoms with Crippen molar-refractivity contribution in [2.24, 2.45) is 0 Å². The summed E-state index contributed by atoms with van der Waals surface area (Å²) in [5.74, 6) is -2.39. The first-order valence-corrected chi connectivity index (χ1v) is 6.26. The van der Waals surface area contributed by atoms with Crippen molar-refractivity contribution >= 4 is 23.5 Å². The fourth-order valence-corrected chi connectivity index (χ4v) is 2.25. The summed E-state index contributed by atoms with van der Waals surface area (Å²) in [5, 5.41) is 0. The van der Waals surface area contributed by atoms with Gasteiger partial charge >= 0.3 is 17.8 Å². The zero-order valence-corrected chi connectivity index (χ0v) is 11.3. The summed E-state index contributed by atoms with van der Waals surface area (Å²) in [5.41, 5.74) is 1.36. The summed E-state index contributed by atoms with van der Waals surface area (Å²) in [6.07, 6.45) is 0.327. The molecule has 0 saturated carbocycles. The van der Waals surface area contributed by atoms with Crippen molar-refractivity contribution in [1.29, 1.82) is 0 Å². The first kappa shape index (κ1) is 14.0. The molecule has 1 heterocycles. The van der Waals surface area contributed by atoms with E-state index in [-0.39, 0.29) is 6.61 Å². The van der Waals surface area contributed by atoms with E-state index >= 15 is 0 Å². The molecule has 1 unspecified atom stereocenters. The number of methoxy groups -OCH3 is 1. The lowest BCUT2D eigenvalue weighted by Crippen LogP contribution is -2.47. The van der Waals surface area contributed by atoms with Gasteiger partial charge < -0.3 is 9.47 Å². The minimum atomic E-state index is -0.974. The highest BCUT2D eigenvalue weighted by Gasteiger charge is 2.41. The van der Waals surface area contributed by atoms with Gasteiger partial charge in [0, 0.05) is 12.1 Å². The molecule has 0 spiro atoms. The number of benzene rings is 1. The number of hydrogen-bond acceptors (Lipinski definition) is 5. The van der Waals surface area contributed by atoms with Gasteiger partial charge in [-0.05, 0) is 18.6 Å². The summed E-state index contributed by atoms with van der Waals surface area (Å²) in [6, 6.07) is 6.23. The van der Waals surface area contributed by atoms with Crippen LogP contribution in [0.3, 0.4) is 0 Å². The maximum atomic E-state index is 12.2. The van der Waals surface area contributed by atoms with Crippen molar-refractivity contribution in [2.75, 3.05) is 18.6 Å². The van der Waals surface area contributed by atoms with E-state index in [1.165, 1.54) is 7.11 Å². The smallest absolute Gasteiger partial charge is 0.397 e. The van der Waals surface area contributed by atoms with Gasteiger partial charge in [-0.3, -0.25) is 9.69 Å². The molecular weight excluding hydrogens is 262 g/mol. The van der Waals surface area contributed by atoms with E-state index in [0.717, 1.165) is 10.5 Å². The Morgan fingerprint density at radius 3 is 2.65 bits per heavy atom. The maximum absolute atomic E-state index is 12.2. The summed E-state index contributed by atoms with van der Waals surface area (Å²) < 4.78 is 9.41. The fourth-order valence-electron chi connectivity index (χ4n) is 2.25. The van der Waals surface area contributed by atoms with Crippen molar-refractivity contribution < 1.29 is 23.9 Å². The molecule has 6 nitrogen and oxygen atoms in total. The van der Waals surface area contributed by atoms with E-state index in [2.05, 4.69) is 0 Å². The van der Waals surface area contributed by atoms with Gasteiger partial charge in [-0.2, -0.15) is 0 Å². The number of anilines is 1. The first-order valence-electron chi connectivity index (χ1n) is 6.26. The van der Waals surface area contributed by atoms with E-state index in [1.807, 2.05) is 12.1 Å². The fraction of sp³-hybridized carbons (Fsp3) is 0.357. The highest BCUT2D eigenvalue weighted by molar-refractivity contribution is 6.39. The quantitative estimate of drug-likeness (QED) is 0.587. The van der Waals surface area contributed by atoms with E-state index in [1.54, 1.807) is 19.1 Å². The number of nitrogens with zero attached hydrogens (tertiary/aromatic N) is 1. The van der Waals surface area contributed by atoms with Crippen molar-refractivity contribution in [1.82, 2.24) is 0 Å². The Kier molecular flexibility index (Phi) is 4.02. The van der Waals surface area contributed by atoms with Gasteiger partial charge in [0.1, 0.15) is 6.04 Å². The van der Waals surface area contributed by atoms with Gasteiger partial charge in [-0.1, -0.05) is 18.2 Å². The molecule has 1 aliphatic heterocycles. The zero-order valence-electron chi connectivity index (χ0n) is 11.3. The largest absolute Gasteiger partial charge is 0.467 e. The molecule has 0 saturated heterocycles. The van der Waals surface area contributed by atoms with E-state index in [4.69, 9.17) is 9.47 Å². The molecule has 1 amide bonds. The monoisotopic (exact) mass is 277 g/mol. The van der Waals surface area contributed by atoms with Crippen molar-refractivity contribution in [3.8, 4) is 0 Å². The Balaban J connectivity index is 2.36. The predicted molar refractivity (Wildman–Crippen MR) is 70.1 cm³/mol. The van der Waals surface area contributed by atoms with Crippen molar-refractivity contribution in [2.45, 2.75) is 19.4 Å². The van der Waals surface area contributed by atoms with Crippen LogP contribution in [0.15, 0.2) is 24.3 Å². The van der Waals surface area contributed by atoms with Crippen LogP contribution < -0.4 is 4.90 Å². The molecule has 1 aromatic carbocycles. The summed E-state index contributed by atoms with van der Waals surface area (Å²) in [7, 11) is 1.25. The highest BCUT2D eigenvalue weighted by Crippen LogP contribution is 2.32. The summed E-state index contributed by atoms with van der Waals surface area (Å²) >= 11 is 0. The number of rotatable bonds is 2. The van der Waals surface area contributed by atoms with Crippen LogP contribution in [-0.2, 0) is 30.3 Å². The van der Waals surface area contributed by atoms with E-state index in [0.29, 0.717) is 12.1 Å². The van der Waals surface area contributed by atoms with Gasteiger partial charge in [0.15, 0.2) is 0 Å². The first-order chi connectivity index (χ1) is 9.60. The average Bonchev–Trinajstić information content (AvgIpc) is 2.85. The van der Waals surface area contributed by atoms with Gasteiger partial charge in [0.2, 0.25) is 0 Å². The molecule has 0 radical (unpaired) electrons. The number of fused-ring (bicyclic) bond motifs is 1. The molecule has 20 heavy (non-hydrogen) atoms. The molecule has 0 aromatic heterocycles. The molecule has 6 heteroatoms. The molecule has 0 N–H and O–H groups in total. The molecular formula is C14H15NO5. The number of amides is 1. The number of carbonyl (C=O) groups is 3. The van der Waals surface area contributed by atoms with Crippen LogP contribution in [0.4, 0.5) is 5.69 Å². The van der Waals surface area contributed by atoms with Crippen LogP contribution in [0.5, 0.6) is 0 Å². The molecule has 0 aliphatic carbocycles. The van der Waals surface area contributed by atoms with Gasteiger partial charge in [0.25, 0.3) is 0 Å². The molecule has 1 aliphatic rings. The Labute approximate surface area is 116 Å². The normalized spacial score (nSPS) is 16.5. The van der Waals surface area contributed by atoms with Crippen LogP contribution in [0.2, 0.25) is 0 Å². The standard InChI is InChI=1S/C14H15NO5/c1-3-20-14(18)12(16)15-10-7-5-4-6-9(10)8-11(15)13(17)19-2/h4-7,11H,3,8H2,1-2H3. The second kappa shape index (κ2) is 5.73. The van der Waals surface area contributed by atoms with Crippen molar-refractivity contribution in [3.63, 3.8) is 0 Å². The second-order valence-corrected chi connectivity index (χ2v) is 4.27. The van der Waals surface area contributed by atoms with Crippen LogP contribution in [0, 0.1) is 0 Å². The summed E-state index contributed by atoms with van der Waals surface area (Å²) in [4.78, 5) is 36.8. The van der Waals surface area contributed by atoms with E-state index < -0.39 is 23.9 Å². The molecule has 0 bridgehead atoms. The van der Waals surface area contributed by atoms with Gasteiger partial charge in [-0.25, -0.2) is 9.59 Å². The summed E-state index contributed by atoms with van der Waals surface area (Å²) in [6.45, 7) is 1.71. The third-order valence-corrected chi connectivity index (χ3v) is 3.12. The lowest BCUT2D eigenvalue weighted by Gasteiger charge is -2.22. The second-order valence-electron chi connectivity index (χ2n) is 4.27. The number of hydrogen-bond donors (Lipinski definition) is 0. The third-order valence-electron chi connectivity index (χ3n) is 3.12. The Bertz CT molecular complexity index is 554. The molecule has 2 rings (SSSR count). The van der Waals surface area contributed by atoms with E-state index in [9.17, 15) is 14.4 Å². The molecule has 1 aromatic rings. The van der Waals surface area contributed by atoms with Gasteiger partial charge in [-0.15, -0.1) is 0 Å². The van der Waals surface area contributed by atoms with Crippen LogP contribution >= 0.6 is 0 Å². The molecule has 0 fully saturated rings. The third kappa shape index (κ3) is 2.36. The highest BCUT2D eigenvalue weighted by atomic mass is 16.5. The minimum absolute atomic E-state index is 0.100. The number of esters is 2. The van der Waals surface area contributed by atoms with Crippen LogP contribution in [-0.4, -0.2) is 37.6 Å². The topological polar surface area (TPSA) is 72.9 Å². The van der Waals surface area contributed by atoms with Crippen LogP contribution in [0.1, 0.15) is 12.5 Å². The molecule has 1 atom stereocenters. The predicted octanol–water partition coefficient (Wildman–Crippen LogP) is 0.680. The average molecular weight is 277 g/mol.